The van der Waals surface area contributed by atoms with Crippen molar-refractivity contribution in [3.05, 3.63) is 35.9 Å². The Balaban J connectivity index is 1.37. The van der Waals surface area contributed by atoms with Gasteiger partial charge in [-0.2, -0.15) is 0 Å². The van der Waals surface area contributed by atoms with Crippen LogP contribution in [0.4, 0.5) is 20.6 Å². The number of aryl methyl sites for hydroxylation is 1. The van der Waals surface area contributed by atoms with Gasteiger partial charge < -0.3 is 14.5 Å². The second-order valence-corrected chi connectivity index (χ2v) is 8.80. The second kappa shape index (κ2) is 9.13. The van der Waals surface area contributed by atoms with E-state index in [0.29, 0.717) is 63.0 Å². The molecule has 1 aromatic heterocycles. The number of cyclic esters (lactones) is 1. The molecule has 0 spiro atoms. The number of hydrogen-bond donors (Lipinski definition) is 0. The smallest absolute Gasteiger partial charge is 0.414 e. The molecule has 2 aliphatic heterocycles. The Bertz CT molecular complexity index is 986. The van der Waals surface area contributed by atoms with Crippen molar-refractivity contribution in [3.63, 3.8) is 0 Å². The Morgan fingerprint density at radius 1 is 1.25 bits per heavy atom. The molecule has 2 aromatic rings. The zero-order chi connectivity index (χ0) is 22.8. The van der Waals surface area contributed by atoms with Crippen LogP contribution in [-0.2, 0) is 16.1 Å². The second-order valence-electron chi connectivity index (χ2n) is 8.80. The number of benzene rings is 1. The molecule has 3 heterocycles. The quantitative estimate of drug-likeness (QED) is 0.681. The van der Waals surface area contributed by atoms with Gasteiger partial charge in [-0.1, -0.05) is 19.1 Å². The summed E-state index contributed by atoms with van der Waals surface area (Å²) in [4.78, 5) is 29.8. The number of rotatable bonds is 6. The third-order valence-electron chi connectivity index (χ3n) is 5.72. The van der Waals surface area contributed by atoms with Crippen molar-refractivity contribution in [2.75, 3.05) is 42.5 Å². The highest BCUT2D eigenvalue weighted by Gasteiger charge is 2.33. The fourth-order valence-electron chi connectivity index (χ4n) is 4.12. The van der Waals surface area contributed by atoms with Crippen LogP contribution in [0.15, 0.2) is 24.4 Å². The molecule has 32 heavy (non-hydrogen) atoms. The predicted molar refractivity (Wildman–Crippen MR) is 117 cm³/mol. The average molecular weight is 445 g/mol. The van der Waals surface area contributed by atoms with Gasteiger partial charge in [-0.3, -0.25) is 9.69 Å². The van der Waals surface area contributed by atoms with Crippen molar-refractivity contribution >= 4 is 23.4 Å². The first-order valence-electron chi connectivity index (χ1n) is 11.0. The van der Waals surface area contributed by atoms with Gasteiger partial charge in [0, 0.05) is 38.8 Å². The number of aromatic nitrogens is 3. The summed E-state index contributed by atoms with van der Waals surface area (Å²) >= 11 is 0. The highest BCUT2D eigenvalue weighted by molar-refractivity contribution is 5.90. The lowest BCUT2D eigenvalue weighted by atomic mass is 10.1. The number of halogens is 1. The van der Waals surface area contributed by atoms with Gasteiger partial charge in [0.25, 0.3) is 0 Å². The van der Waals surface area contributed by atoms with E-state index in [1.54, 1.807) is 23.0 Å². The van der Waals surface area contributed by atoms with E-state index in [1.165, 1.54) is 11.0 Å². The summed E-state index contributed by atoms with van der Waals surface area (Å²) in [6.45, 7) is 8.90. The summed E-state index contributed by atoms with van der Waals surface area (Å²) in [5.74, 6) is 0.0777. The van der Waals surface area contributed by atoms with Crippen molar-refractivity contribution < 1.29 is 18.7 Å². The maximum absolute atomic E-state index is 15.0. The van der Waals surface area contributed by atoms with Crippen molar-refractivity contribution in [3.8, 4) is 0 Å². The maximum atomic E-state index is 15.0. The third kappa shape index (κ3) is 4.84. The Hall–Kier alpha value is -3.17. The van der Waals surface area contributed by atoms with Crippen molar-refractivity contribution in [1.29, 1.82) is 0 Å². The molecule has 10 heteroatoms. The van der Waals surface area contributed by atoms with E-state index in [9.17, 15) is 14.0 Å². The minimum atomic E-state index is -0.503. The van der Waals surface area contributed by atoms with Crippen molar-refractivity contribution in [2.45, 2.75) is 39.8 Å². The lowest BCUT2D eigenvalue weighted by Crippen LogP contribution is -2.49. The number of nitrogens with zero attached hydrogens (tertiary/aromatic N) is 6. The van der Waals surface area contributed by atoms with E-state index in [-0.39, 0.29) is 12.0 Å². The van der Waals surface area contributed by atoms with Crippen LogP contribution < -0.4 is 9.80 Å². The van der Waals surface area contributed by atoms with Gasteiger partial charge in [0.15, 0.2) is 0 Å². The molecule has 1 aromatic carbocycles. The number of anilines is 2. The lowest BCUT2D eigenvalue weighted by Gasteiger charge is -2.36. The van der Waals surface area contributed by atoms with E-state index < -0.39 is 11.9 Å². The van der Waals surface area contributed by atoms with Gasteiger partial charge >= 0.3 is 6.09 Å². The zero-order valence-electron chi connectivity index (χ0n) is 18.7. The fraction of sp³-hybridized carbons (Fsp3) is 0.545. The van der Waals surface area contributed by atoms with E-state index in [1.807, 2.05) is 30.6 Å². The molecule has 0 unspecified atom stereocenters. The van der Waals surface area contributed by atoms with Crippen LogP contribution in [0.1, 0.15) is 26.0 Å². The Morgan fingerprint density at radius 3 is 2.62 bits per heavy atom. The van der Waals surface area contributed by atoms with Gasteiger partial charge in [0.1, 0.15) is 11.9 Å². The molecule has 172 valence electrons. The SMILES string of the molecule is Cc1cn(C[C@H]2CN(c3ccc(N4CCN(C(=O)CC(C)C)CC4)c(F)c3)C(=O)O2)nn1. The van der Waals surface area contributed by atoms with Gasteiger partial charge in [-0.25, -0.2) is 13.9 Å². The molecule has 0 saturated carbocycles. The molecule has 4 rings (SSSR count). The average Bonchev–Trinajstić information content (AvgIpc) is 3.32. The molecule has 2 amide bonds. The van der Waals surface area contributed by atoms with Gasteiger partial charge in [0.2, 0.25) is 5.91 Å². The number of carbonyl (C=O) groups excluding carboxylic acids is 2. The minimum absolute atomic E-state index is 0.152. The van der Waals surface area contributed by atoms with Gasteiger partial charge in [0.05, 0.1) is 30.2 Å². The molecule has 2 fully saturated rings. The van der Waals surface area contributed by atoms with Crippen LogP contribution in [0.25, 0.3) is 0 Å². The van der Waals surface area contributed by atoms with Gasteiger partial charge in [-0.15, -0.1) is 5.10 Å². The molecule has 2 saturated heterocycles. The summed E-state index contributed by atoms with van der Waals surface area (Å²) in [6.07, 6.45) is 1.42. The topological polar surface area (TPSA) is 83.8 Å². The highest BCUT2D eigenvalue weighted by Crippen LogP contribution is 2.29. The fourth-order valence-corrected chi connectivity index (χ4v) is 4.12. The third-order valence-corrected chi connectivity index (χ3v) is 5.72. The summed E-state index contributed by atoms with van der Waals surface area (Å²) < 4.78 is 22.0. The molecule has 2 aliphatic rings. The number of piperazine rings is 1. The van der Waals surface area contributed by atoms with Gasteiger partial charge in [-0.05, 0) is 31.0 Å². The molecular formula is C22H29FN6O3. The van der Waals surface area contributed by atoms with E-state index in [0.717, 1.165) is 5.69 Å². The molecule has 0 aliphatic carbocycles. The van der Waals surface area contributed by atoms with Crippen LogP contribution in [0.5, 0.6) is 0 Å². The molecule has 1 atom stereocenters. The predicted octanol–water partition coefficient (Wildman–Crippen LogP) is 2.45. The molecule has 9 nitrogen and oxygen atoms in total. The monoisotopic (exact) mass is 444 g/mol. The number of hydrogen-bond acceptors (Lipinski definition) is 6. The molecule has 0 bridgehead atoms. The maximum Gasteiger partial charge on any atom is 0.414 e. The number of ether oxygens (including phenoxy) is 1. The van der Waals surface area contributed by atoms with Crippen molar-refractivity contribution in [2.24, 2.45) is 5.92 Å². The Morgan fingerprint density at radius 2 is 2.00 bits per heavy atom. The van der Waals surface area contributed by atoms with Crippen LogP contribution >= 0.6 is 0 Å². The van der Waals surface area contributed by atoms with Crippen LogP contribution in [0, 0.1) is 18.7 Å². The normalized spacial score (nSPS) is 19.1. The minimum Gasteiger partial charge on any atom is -0.442 e. The first-order valence-corrected chi connectivity index (χ1v) is 11.0. The Kier molecular flexibility index (Phi) is 6.29. The molecule has 0 radical (unpaired) electrons. The van der Waals surface area contributed by atoms with E-state index >= 15 is 0 Å². The van der Waals surface area contributed by atoms with E-state index in [2.05, 4.69) is 10.3 Å². The first kappa shape index (κ1) is 22.0. The highest BCUT2D eigenvalue weighted by atomic mass is 19.1. The summed E-state index contributed by atoms with van der Waals surface area (Å²) in [5, 5.41) is 7.91. The standard InChI is InChI=1S/C22H29FN6O3/c1-15(2)10-21(30)27-8-6-26(7-9-27)20-5-4-17(11-19(20)23)29-14-18(32-22(29)31)13-28-12-16(3)24-25-28/h4-5,11-12,15,18H,6-10,13-14H2,1-3H3/t18-/m0/s1. The lowest BCUT2D eigenvalue weighted by molar-refractivity contribution is -0.132. The summed E-state index contributed by atoms with van der Waals surface area (Å²) in [5.41, 5.74) is 1.72. The largest absolute Gasteiger partial charge is 0.442 e. The number of carbonyl (C=O) groups is 2. The summed E-state index contributed by atoms with van der Waals surface area (Å²) in [6, 6.07) is 4.80. The van der Waals surface area contributed by atoms with Crippen LogP contribution in [0.2, 0.25) is 0 Å². The summed E-state index contributed by atoms with van der Waals surface area (Å²) in [7, 11) is 0. The van der Waals surface area contributed by atoms with Crippen LogP contribution in [0.3, 0.4) is 0 Å². The molecular weight excluding hydrogens is 415 g/mol. The molecule has 0 N–H and O–H groups in total. The zero-order valence-corrected chi connectivity index (χ0v) is 18.7. The Labute approximate surface area is 186 Å². The van der Waals surface area contributed by atoms with Crippen LogP contribution in [-0.4, -0.2) is 70.7 Å². The van der Waals surface area contributed by atoms with Crippen molar-refractivity contribution in [1.82, 2.24) is 19.9 Å². The number of amides is 2. The first-order chi connectivity index (χ1) is 15.3. The van der Waals surface area contributed by atoms with E-state index in [4.69, 9.17) is 4.74 Å².